The molecule has 1 spiro atoms. The highest BCUT2D eigenvalue weighted by Crippen LogP contribution is 2.50. The van der Waals surface area contributed by atoms with E-state index in [1.54, 1.807) is 19.9 Å². The van der Waals surface area contributed by atoms with E-state index in [1.165, 1.54) is 24.1 Å². The lowest BCUT2D eigenvalue weighted by molar-refractivity contribution is -0.144. The number of halogens is 2. The van der Waals surface area contributed by atoms with E-state index in [-0.39, 0.29) is 55.8 Å². The first kappa shape index (κ1) is 40.6. The van der Waals surface area contributed by atoms with Crippen LogP contribution in [-0.2, 0) is 30.8 Å². The van der Waals surface area contributed by atoms with Gasteiger partial charge in [-0.05, 0) is 77.7 Å². The van der Waals surface area contributed by atoms with Crippen molar-refractivity contribution in [2.45, 2.75) is 138 Å². The summed E-state index contributed by atoms with van der Waals surface area (Å²) in [5, 5.41) is 13.3. The molecular formula is C39H50F2N6O9S. The summed E-state index contributed by atoms with van der Waals surface area (Å²) in [6.07, 6.45) is 3.44. The number of nitrogens with one attached hydrogen (secondary N) is 2. The van der Waals surface area contributed by atoms with Gasteiger partial charge < -0.3 is 24.8 Å². The van der Waals surface area contributed by atoms with Crippen LogP contribution in [0, 0.1) is 5.92 Å². The fourth-order valence-corrected chi connectivity index (χ4v) is 9.90. The summed E-state index contributed by atoms with van der Waals surface area (Å²) in [5.74, 6) is -2.80. The molecule has 2 aromatic heterocycles. The number of allylic oxidation sites excluding steroid dienone is 1. The van der Waals surface area contributed by atoms with Crippen LogP contribution in [0.1, 0.15) is 109 Å². The quantitative estimate of drug-likeness (QED) is 0.310. The van der Waals surface area contributed by atoms with Gasteiger partial charge in [0.15, 0.2) is 5.75 Å². The van der Waals surface area contributed by atoms with E-state index < -0.39 is 85.9 Å². The van der Waals surface area contributed by atoms with E-state index >= 15 is 0 Å². The second kappa shape index (κ2) is 15.0. The summed E-state index contributed by atoms with van der Waals surface area (Å²) in [6.45, 7) is 4.80. The number of rotatable bonds is 8. The lowest BCUT2D eigenvalue weighted by atomic mass is 9.88. The molecule has 5 heterocycles. The number of hydrogen-bond acceptors (Lipinski definition) is 10. The van der Waals surface area contributed by atoms with Crippen LogP contribution < -0.4 is 19.5 Å². The number of hydrogen-bond donors (Lipinski definition) is 3. The Balaban J connectivity index is 1.29. The number of ether oxygens (including phenoxy) is 2. The topological polar surface area (TPSA) is 197 Å². The third kappa shape index (κ3) is 7.37. The molecule has 3 fully saturated rings. The van der Waals surface area contributed by atoms with Crippen molar-refractivity contribution in [3.05, 3.63) is 35.5 Å². The number of aromatic nitrogens is 2. The molecule has 1 saturated heterocycles. The molecule has 2 aromatic rings. The number of aryl methyl sites for hydroxylation is 1. The molecule has 57 heavy (non-hydrogen) atoms. The molecule has 15 nitrogen and oxygen atoms in total. The number of sulfonamides is 1. The molecule has 0 bridgehead atoms. The second-order valence-corrected chi connectivity index (χ2v) is 18.7. The average Bonchev–Trinajstić information content (AvgIpc) is 4.06. The summed E-state index contributed by atoms with van der Waals surface area (Å²) < 4.78 is 68.8. The van der Waals surface area contributed by atoms with Gasteiger partial charge in [0.25, 0.3) is 12.3 Å². The lowest BCUT2D eigenvalue weighted by Crippen LogP contribution is -2.59. The Kier molecular flexibility index (Phi) is 10.7. The molecule has 5 aliphatic rings. The fraction of sp³-hybridized carbons (Fsp3) is 0.641. The van der Waals surface area contributed by atoms with E-state index in [4.69, 9.17) is 9.47 Å². The van der Waals surface area contributed by atoms with Crippen LogP contribution in [0.25, 0.3) is 11.0 Å². The predicted molar refractivity (Wildman–Crippen MR) is 202 cm³/mol. The van der Waals surface area contributed by atoms with E-state index in [9.17, 15) is 41.5 Å². The number of amides is 4. The SMILES string of the molecule is CC[C@H](C)N(C(=O)O)[C@H]1CCCCC/C=C\[C@@H]2C[C@@]2(C(=O)NS(=O)(=O)C2(C)CC2)NC(=O)[C@@H]2C[C@]3(CCc4c(c(C(F)F)nc5ccc(OC)nc45)O3)CN2C1=O. The number of carbonyl (C=O) groups is 4. The van der Waals surface area contributed by atoms with Crippen molar-refractivity contribution < 1.29 is 51.0 Å². The number of pyridine rings is 2. The standard InChI is InChI=1S/C39H50F2N6O9S/c1-5-22(2)47(36(51)52)26-12-10-8-6-7-9-11-23-19-39(23,35(50)45-57(53,54)37(3)17-18-37)44-33(48)27-20-38(21-46(27)34(26)49)16-15-24-29-25(13-14-28(43-29)55-4)42-30(32(40)41)31(24)56-38/h9,11,13-14,22-23,26-27,32H,5-8,10,12,15-21H2,1-4H3,(H,44,48)(H,45,50)(H,51,52)/b11-9-/t22-,23+,26-,27-,38+,39+/m0/s1. The van der Waals surface area contributed by atoms with Crippen molar-refractivity contribution in [2.75, 3.05) is 13.7 Å². The van der Waals surface area contributed by atoms with Crippen molar-refractivity contribution >= 4 is 44.9 Å². The van der Waals surface area contributed by atoms with Crippen LogP contribution in [0.15, 0.2) is 24.3 Å². The zero-order chi connectivity index (χ0) is 41.1. The Labute approximate surface area is 330 Å². The van der Waals surface area contributed by atoms with E-state index in [0.29, 0.717) is 56.0 Å². The zero-order valence-corrected chi connectivity index (χ0v) is 33.4. The molecule has 6 atom stereocenters. The highest BCUT2D eigenvalue weighted by atomic mass is 32.2. The molecule has 3 aliphatic heterocycles. The number of nitrogens with zero attached hydrogens (tertiary/aromatic N) is 4. The fourth-order valence-electron chi connectivity index (χ4n) is 8.59. The maximum absolute atomic E-state index is 14.9. The third-order valence-corrected chi connectivity index (χ3v) is 14.8. The highest BCUT2D eigenvalue weighted by Gasteiger charge is 2.64. The lowest BCUT2D eigenvalue weighted by Gasteiger charge is -2.38. The summed E-state index contributed by atoms with van der Waals surface area (Å²) >= 11 is 0. The molecular weight excluding hydrogens is 767 g/mol. The Morgan fingerprint density at radius 1 is 1.16 bits per heavy atom. The molecule has 2 saturated carbocycles. The zero-order valence-electron chi connectivity index (χ0n) is 32.6. The number of carboxylic acid groups (broad SMARTS) is 1. The Morgan fingerprint density at radius 3 is 2.58 bits per heavy atom. The van der Waals surface area contributed by atoms with Gasteiger partial charge in [0, 0.05) is 30.0 Å². The summed E-state index contributed by atoms with van der Waals surface area (Å²) in [4.78, 5) is 67.5. The van der Waals surface area contributed by atoms with E-state index in [2.05, 4.69) is 20.0 Å². The monoisotopic (exact) mass is 816 g/mol. The smallest absolute Gasteiger partial charge is 0.408 e. The van der Waals surface area contributed by atoms with Crippen LogP contribution in [0.4, 0.5) is 13.6 Å². The van der Waals surface area contributed by atoms with Crippen LogP contribution >= 0.6 is 0 Å². The van der Waals surface area contributed by atoms with Crippen molar-refractivity contribution in [1.29, 1.82) is 0 Å². The third-order valence-electron chi connectivity index (χ3n) is 12.7. The minimum atomic E-state index is -4.07. The number of carbonyl (C=O) groups excluding carboxylic acids is 3. The van der Waals surface area contributed by atoms with Crippen LogP contribution in [0.5, 0.6) is 11.6 Å². The molecule has 18 heteroatoms. The van der Waals surface area contributed by atoms with Crippen molar-refractivity contribution in [1.82, 2.24) is 29.8 Å². The van der Waals surface area contributed by atoms with E-state index in [0.717, 1.165) is 4.90 Å². The number of methoxy groups -OCH3 is 1. The van der Waals surface area contributed by atoms with Gasteiger partial charge in [-0.25, -0.2) is 32.0 Å². The van der Waals surface area contributed by atoms with Crippen LogP contribution in [0.2, 0.25) is 0 Å². The molecule has 7 rings (SSSR count). The first-order valence-electron chi connectivity index (χ1n) is 19.7. The van der Waals surface area contributed by atoms with Gasteiger partial charge >= 0.3 is 6.09 Å². The van der Waals surface area contributed by atoms with Gasteiger partial charge in [-0.15, -0.1) is 0 Å². The summed E-state index contributed by atoms with van der Waals surface area (Å²) in [5.41, 5.74) is -2.76. The maximum atomic E-state index is 14.9. The molecule has 0 radical (unpaired) electrons. The summed E-state index contributed by atoms with van der Waals surface area (Å²) in [7, 11) is -2.65. The predicted octanol–water partition coefficient (Wildman–Crippen LogP) is 4.78. The Bertz CT molecular complexity index is 2120. The number of fused-ring (bicyclic) bond motifs is 5. The van der Waals surface area contributed by atoms with Gasteiger partial charge in [0.2, 0.25) is 27.7 Å². The molecule has 2 aliphatic carbocycles. The molecule has 3 N–H and O–H groups in total. The average molecular weight is 817 g/mol. The number of alkyl halides is 2. The normalized spacial score (nSPS) is 29.5. The maximum Gasteiger partial charge on any atom is 0.408 e. The molecule has 0 aromatic carbocycles. The molecule has 310 valence electrons. The van der Waals surface area contributed by atoms with Crippen LogP contribution in [-0.4, -0.2) is 105 Å². The van der Waals surface area contributed by atoms with E-state index in [1.807, 2.05) is 13.0 Å². The van der Waals surface area contributed by atoms with Gasteiger partial charge in [0.1, 0.15) is 28.9 Å². The van der Waals surface area contributed by atoms with Crippen LogP contribution in [0.3, 0.4) is 0 Å². The minimum absolute atomic E-state index is 0.110. The summed E-state index contributed by atoms with van der Waals surface area (Å²) in [6, 6.07) is -0.0434. The van der Waals surface area contributed by atoms with Gasteiger partial charge in [-0.2, -0.15) is 0 Å². The highest BCUT2D eigenvalue weighted by molar-refractivity contribution is 7.91. The van der Waals surface area contributed by atoms with Crippen molar-refractivity contribution in [2.24, 2.45) is 5.92 Å². The first-order chi connectivity index (χ1) is 27.0. The largest absolute Gasteiger partial charge is 0.483 e. The molecule has 4 amide bonds. The first-order valence-corrected chi connectivity index (χ1v) is 21.2. The Morgan fingerprint density at radius 2 is 1.91 bits per heavy atom. The molecule has 0 unspecified atom stereocenters. The minimum Gasteiger partial charge on any atom is -0.483 e. The Hall–Kier alpha value is -4.61. The van der Waals surface area contributed by atoms with Crippen molar-refractivity contribution in [3.8, 4) is 11.6 Å². The van der Waals surface area contributed by atoms with Gasteiger partial charge in [-0.1, -0.05) is 31.9 Å². The second-order valence-electron chi connectivity index (χ2n) is 16.5. The van der Waals surface area contributed by atoms with Gasteiger partial charge in [0.05, 0.1) is 29.4 Å². The van der Waals surface area contributed by atoms with Gasteiger partial charge in [-0.3, -0.25) is 24.0 Å². The van der Waals surface area contributed by atoms with Crippen molar-refractivity contribution in [3.63, 3.8) is 0 Å².